The van der Waals surface area contributed by atoms with Gasteiger partial charge >= 0.3 is 0 Å². The Balaban J connectivity index is 1.78. The molecule has 0 spiro atoms. The van der Waals surface area contributed by atoms with Crippen molar-refractivity contribution < 1.29 is 9.53 Å². The molecule has 6 heteroatoms. The molecule has 2 aromatic heterocycles. The quantitative estimate of drug-likeness (QED) is 0.393. The van der Waals surface area contributed by atoms with Crippen molar-refractivity contribution >= 4 is 5.78 Å². The van der Waals surface area contributed by atoms with Crippen molar-refractivity contribution in [2.75, 3.05) is 7.11 Å². The number of aryl methyl sites for hydroxylation is 1. The monoisotopic (exact) mass is 422 g/mol. The molecule has 0 N–H and O–H groups in total. The Bertz CT molecular complexity index is 1330. The van der Waals surface area contributed by atoms with Crippen LogP contribution in [0.4, 0.5) is 0 Å². The summed E-state index contributed by atoms with van der Waals surface area (Å²) in [5, 5.41) is 13.7. The number of methoxy groups -OCH3 is 1. The van der Waals surface area contributed by atoms with Gasteiger partial charge in [0.15, 0.2) is 5.78 Å². The lowest BCUT2D eigenvalue weighted by atomic mass is 10.00. The van der Waals surface area contributed by atoms with Gasteiger partial charge in [0, 0.05) is 34.0 Å². The zero-order chi connectivity index (χ0) is 22.7. The summed E-state index contributed by atoms with van der Waals surface area (Å²) in [7, 11) is 1.63. The summed E-state index contributed by atoms with van der Waals surface area (Å²) in [6, 6.07) is 19.5. The number of hydrogen-bond acceptors (Lipinski definition) is 5. The van der Waals surface area contributed by atoms with Gasteiger partial charge in [-0.25, -0.2) is 0 Å². The van der Waals surface area contributed by atoms with Crippen molar-refractivity contribution in [3.05, 3.63) is 78.1 Å². The van der Waals surface area contributed by atoms with E-state index in [0.717, 1.165) is 45.0 Å². The normalized spacial score (nSPS) is 10.6. The average Bonchev–Trinajstić information content (AvgIpc) is 3.22. The number of carbonyl (C=O) groups is 1. The minimum absolute atomic E-state index is 0.0200. The first-order chi connectivity index (χ1) is 15.5. The van der Waals surface area contributed by atoms with Crippen molar-refractivity contribution in [1.82, 2.24) is 14.8 Å². The number of hydrogen-bond donors (Lipinski definition) is 0. The lowest BCUT2D eigenvalue weighted by molar-refractivity contribution is 0.101. The molecule has 0 atom stereocenters. The first-order valence-corrected chi connectivity index (χ1v) is 10.2. The molecular formula is C26H22N4O2. The third-order valence-electron chi connectivity index (χ3n) is 5.26. The molecule has 4 aromatic rings. The Hall–Kier alpha value is -4.24. The van der Waals surface area contributed by atoms with Crippen LogP contribution in [0.5, 0.6) is 5.75 Å². The summed E-state index contributed by atoms with van der Waals surface area (Å²) in [6.45, 7) is 3.69. The van der Waals surface area contributed by atoms with Crippen LogP contribution in [0.1, 0.15) is 22.8 Å². The number of rotatable bonds is 6. The second-order valence-corrected chi connectivity index (χ2v) is 7.53. The number of nitrogens with zero attached hydrogens (tertiary/aromatic N) is 4. The Morgan fingerprint density at radius 1 is 1.06 bits per heavy atom. The van der Waals surface area contributed by atoms with Crippen LogP contribution < -0.4 is 4.74 Å². The highest BCUT2D eigenvalue weighted by Crippen LogP contribution is 2.35. The van der Waals surface area contributed by atoms with Crippen LogP contribution in [-0.2, 0) is 6.54 Å². The van der Waals surface area contributed by atoms with Gasteiger partial charge in [0.1, 0.15) is 12.3 Å². The molecule has 2 heterocycles. The van der Waals surface area contributed by atoms with E-state index in [1.807, 2.05) is 55.5 Å². The SMILES string of the molecule is COc1cc(C)cc(-c2c(-c3ccc(-c4cccc(C(C)=O)c4)nc3)cnn2CC#N)c1. The molecule has 0 saturated heterocycles. The molecule has 0 aliphatic heterocycles. The largest absolute Gasteiger partial charge is 0.497 e. The predicted octanol–water partition coefficient (Wildman–Crippen LogP) is 5.32. The fourth-order valence-electron chi connectivity index (χ4n) is 3.71. The lowest BCUT2D eigenvalue weighted by Crippen LogP contribution is -2.01. The van der Waals surface area contributed by atoms with E-state index in [9.17, 15) is 10.1 Å². The average molecular weight is 422 g/mol. The fraction of sp³-hybridized carbons (Fsp3) is 0.154. The highest BCUT2D eigenvalue weighted by Gasteiger charge is 2.17. The highest BCUT2D eigenvalue weighted by molar-refractivity contribution is 5.95. The molecule has 0 saturated carbocycles. The number of ether oxygens (including phenoxy) is 1. The van der Waals surface area contributed by atoms with Crippen molar-refractivity contribution in [1.29, 1.82) is 5.26 Å². The van der Waals surface area contributed by atoms with E-state index in [2.05, 4.69) is 16.2 Å². The summed E-state index contributed by atoms with van der Waals surface area (Å²) < 4.78 is 7.13. The van der Waals surface area contributed by atoms with Crippen molar-refractivity contribution in [2.24, 2.45) is 0 Å². The summed E-state index contributed by atoms with van der Waals surface area (Å²) in [6.07, 6.45) is 3.55. The molecule has 0 amide bonds. The molecule has 4 rings (SSSR count). The van der Waals surface area contributed by atoms with Gasteiger partial charge in [-0.05, 0) is 49.7 Å². The smallest absolute Gasteiger partial charge is 0.159 e. The van der Waals surface area contributed by atoms with Crippen LogP contribution in [-0.4, -0.2) is 27.7 Å². The maximum atomic E-state index is 11.7. The topological polar surface area (TPSA) is 80.8 Å². The van der Waals surface area contributed by atoms with Gasteiger partial charge in [-0.2, -0.15) is 10.4 Å². The summed E-state index contributed by atoms with van der Waals surface area (Å²) in [5.41, 5.74) is 6.88. The number of aromatic nitrogens is 3. The maximum absolute atomic E-state index is 11.7. The van der Waals surface area contributed by atoms with Gasteiger partial charge in [-0.15, -0.1) is 0 Å². The molecule has 2 aromatic carbocycles. The first kappa shape index (κ1) is 21.0. The highest BCUT2D eigenvalue weighted by atomic mass is 16.5. The Labute approximate surface area is 186 Å². The summed E-state index contributed by atoms with van der Waals surface area (Å²) in [5.74, 6) is 0.765. The first-order valence-electron chi connectivity index (χ1n) is 10.2. The van der Waals surface area contributed by atoms with Gasteiger partial charge in [0.25, 0.3) is 0 Å². The molecule has 6 nitrogen and oxygen atoms in total. The van der Waals surface area contributed by atoms with Crippen LogP contribution in [0.15, 0.2) is 67.0 Å². The molecule has 0 radical (unpaired) electrons. The maximum Gasteiger partial charge on any atom is 0.159 e. The Morgan fingerprint density at radius 2 is 1.91 bits per heavy atom. The third kappa shape index (κ3) is 4.14. The van der Waals surface area contributed by atoms with Crippen LogP contribution in [0.3, 0.4) is 0 Å². The van der Waals surface area contributed by atoms with Crippen molar-refractivity contribution in [3.63, 3.8) is 0 Å². The molecule has 0 fully saturated rings. The predicted molar refractivity (Wildman–Crippen MR) is 123 cm³/mol. The number of benzene rings is 2. The van der Waals surface area contributed by atoms with E-state index in [0.29, 0.717) is 5.56 Å². The lowest BCUT2D eigenvalue weighted by Gasteiger charge is -2.11. The second-order valence-electron chi connectivity index (χ2n) is 7.53. The van der Waals surface area contributed by atoms with Crippen LogP contribution in [0, 0.1) is 18.3 Å². The zero-order valence-corrected chi connectivity index (χ0v) is 18.2. The van der Waals surface area contributed by atoms with Crippen molar-refractivity contribution in [3.8, 4) is 45.5 Å². The molecule has 0 bridgehead atoms. The standard InChI is InChI=1S/C26H22N4O2/c1-17-11-22(14-23(12-17)32-3)26-24(16-29-30(26)10-9-27)21-7-8-25(28-15-21)20-6-4-5-19(13-20)18(2)31/h4-8,11-16H,10H2,1-3H3. The number of nitriles is 1. The van der Waals surface area contributed by atoms with E-state index < -0.39 is 0 Å². The fourth-order valence-corrected chi connectivity index (χ4v) is 3.71. The Kier molecular flexibility index (Phi) is 5.82. The molecule has 0 unspecified atom stereocenters. The van der Waals surface area contributed by atoms with Gasteiger partial charge in [0.2, 0.25) is 0 Å². The third-order valence-corrected chi connectivity index (χ3v) is 5.26. The summed E-state index contributed by atoms with van der Waals surface area (Å²) >= 11 is 0. The van der Waals surface area contributed by atoms with Gasteiger partial charge in [-0.3, -0.25) is 14.5 Å². The molecule has 0 aliphatic rings. The molecule has 0 aliphatic carbocycles. The second kappa shape index (κ2) is 8.86. The van der Waals surface area contributed by atoms with Crippen LogP contribution >= 0.6 is 0 Å². The van der Waals surface area contributed by atoms with E-state index in [-0.39, 0.29) is 12.3 Å². The van der Waals surface area contributed by atoms with Crippen molar-refractivity contribution in [2.45, 2.75) is 20.4 Å². The van der Waals surface area contributed by atoms with Crippen LogP contribution in [0.2, 0.25) is 0 Å². The number of Topliss-reactive ketones (excluding diaryl/α,β-unsaturated/α-hetero) is 1. The molecule has 32 heavy (non-hydrogen) atoms. The summed E-state index contributed by atoms with van der Waals surface area (Å²) in [4.78, 5) is 16.3. The minimum Gasteiger partial charge on any atom is -0.497 e. The van der Waals surface area contributed by atoms with E-state index in [1.165, 1.54) is 0 Å². The molecule has 158 valence electrons. The minimum atomic E-state index is 0.0200. The zero-order valence-electron chi connectivity index (χ0n) is 18.2. The Morgan fingerprint density at radius 3 is 2.59 bits per heavy atom. The van der Waals surface area contributed by atoms with E-state index >= 15 is 0 Å². The number of carbonyl (C=O) groups excluding carboxylic acids is 1. The number of pyridine rings is 1. The van der Waals surface area contributed by atoms with Gasteiger partial charge < -0.3 is 4.74 Å². The van der Waals surface area contributed by atoms with E-state index in [1.54, 1.807) is 37.2 Å². The van der Waals surface area contributed by atoms with Crippen LogP contribution in [0.25, 0.3) is 33.6 Å². The number of ketones is 1. The molecular weight excluding hydrogens is 400 g/mol. The van der Waals surface area contributed by atoms with E-state index in [4.69, 9.17) is 4.74 Å². The van der Waals surface area contributed by atoms with Gasteiger partial charge in [0.05, 0.1) is 30.8 Å². The van der Waals surface area contributed by atoms with Gasteiger partial charge in [-0.1, -0.05) is 24.3 Å².